The number of benzene rings is 1. The number of carbonyl (C=O) groups excluding carboxylic acids is 1. The van der Waals surface area contributed by atoms with E-state index in [2.05, 4.69) is 5.32 Å². The maximum Gasteiger partial charge on any atom is 0.251 e. The highest BCUT2D eigenvalue weighted by atomic mass is 35.5. The average Bonchev–Trinajstić information content (AvgIpc) is 2.96. The van der Waals surface area contributed by atoms with Crippen molar-refractivity contribution in [2.75, 3.05) is 12.3 Å². The molecule has 3 nitrogen and oxygen atoms in total. The molecule has 0 atom stereocenters. The lowest BCUT2D eigenvalue weighted by atomic mass is 10.2. The topological polar surface area (TPSA) is 55.1 Å². The lowest BCUT2D eigenvalue weighted by Gasteiger charge is -2.05. The SMILES string of the molecule is Nc1cc(Cl)cc(C(=O)NCC2CC2)c1. The normalized spacial score (nSPS) is 15.0. The molecule has 2 rings (SSSR count). The van der Waals surface area contributed by atoms with Gasteiger partial charge in [0.1, 0.15) is 0 Å². The van der Waals surface area contributed by atoms with Crippen molar-refractivity contribution in [2.24, 2.45) is 5.92 Å². The number of halogens is 1. The van der Waals surface area contributed by atoms with Gasteiger partial charge in [0.15, 0.2) is 0 Å². The Hall–Kier alpha value is -1.22. The molecule has 1 saturated carbocycles. The van der Waals surface area contributed by atoms with E-state index in [0.717, 1.165) is 6.54 Å². The van der Waals surface area contributed by atoms with Gasteiger partial charge in [0.2, 0.25) is 0 Å². The zero-order valence-electron chi connectivity index (χ0n) is 8.29. The first-order chi connectivity index (χ1) is 7.15. The van der Waals surface area contributed by atoms with Crippen LogP contribution in [0.4, 0.5) is 5.69 Å². The quantitative estimate of drug-likeness (QED) is 0.773. The van der Waals surface area contributed by atoms with Gasteiger partial charge in [-0.05, 0) is 37.0 Å². The largest absolute Gasteiger partial charge is 0.399 e. The highest BCUT2D eigenvalue weighted by Crippen LogP contribution is 2.27. The molecule has 0 radical (unpaired) electrons. The Kier molecular flexibility index (Phi) is 2.82. The molecule has 0 aromatic heterocycles. The first-order valence-electron chi connectivity index (χ1n) is 4.99. The highest BCUT2D eigenvalue weighted by molar-refractivity contribution is 6.31. The molecular weight excluding hydrogens is 212 g/mol. The van der Waals surface area contributed by atoms with Crippen LogP contribution in [0.25, 0.3) is 0 Å². The molecular formula is C11H13ClN2O. The van der Waals surface area contributed by atoms with E-state index in [4.69, 9.17) is 17.3 Å². The molecule has 1 amide bonds. The van der Waals surface area contributed by atoms with Gasteiger partial charge in [-0.2, -0.15) is 0 Å². The van der Waals surface area contributed by atoms with E-state index in [-0.39, 0.29) is 5.91 Å². The van der Waals surface area contributed by atoms with Crippen LogP contribution in [0, 0.1) is 5.92 Å². The van der Waals surface area contributed by atoms with Crippen LogP contribution in [0.1, 0.15) is 23.2 Å². The first-order valence-corrected chi connectivity index (χ1v) is 5.37. The van der Waals surface area contributed by atoms with Crippen LogP contribution in [0.3, 0.4) is 0 Å². The smallest absolute Gasteiger partial charge is 0.251 e. The number of nitrogens with one attached hydrogen (secondary N) is 1. The lowest BCUT2D eigenvalue weighted by molar-refractivity contribution is 0.0952. The maximum absolute atomic E-state index is 11.7. The molecule has 80 valence electrons. The van der Waals surface area contributed by atoms with E-state index in [9.17, 15) is 4.79 Å². The molecule has 1 aromatic carbocycles. The zero-order chi connectivity index (χ0) is 10.8. The van der Waals surface area contributed by atoms with Crippen LogP contribution in [-0.2, 0) is 0 Å². The molecule has 4 heteroatoms. The van der Waals surface area contributed by atoms with Crippen LogP contribution >= 0.6 is 11.6 Å². The number of carbonyl (C=O) groups is 1. The van der Waals surface area contributed by atoms with Gasteiger partial charge in [-0.1, -0.05) is 11.6 Å². The molecule has 0 heterocycles. The predicted octanol–water partition coefficient (Wildman–Crippen LogP) is 2.06. The van der Waals surface area contributed by atoms with Crippen molar-refractivity contribution in [3.05, 3.63) is 28.8 Å². The minimum Gasteiger partial charge on any atom is -0.399 e. The molecule has 0 unspecified atom stereocenters. The van der Waals surface area contributed by atoms with Gasteiger partial charge < -0.3 is 11.1 Å². The molecule has 0 spiro atoms. The van der Waals surface area contributed by atoms with Crippen molar-refractivity contribution >= 4 is 23.2 Å². The number of hydrogen-bond donors (Lipinski definition) is 2. The monoisotopic (exact) mass is 224 g/mol. The summed E-state index contributed by atoms with van der Waals surface area (Å²) in [7, 11) is 0. The first kappa shape index (κ1) is 10.3. The second kappa shape index (κ2) is 4.11. The fourth-order valence-corrected chi connectivity index (χ4v) is 1.65. The Balaban J connectivity index is 2.02. The molecule has 1 fully saturated rings. The van der Waals surface area contributed by atoms with Crippen molar-refractivity contribution < 1.29 is 4.79 Å². The standard InChI is InChI=1S/C11H13ClN2O/c12-9-3-8(4-10(13)5-9)11(15)14-6-7-1-2-7/h3-5,7H,1-2,6,13H2,(H,14,15). The van der Waals surface area contributed by atoms with Gasteiger partial charge in [0.25, 0.3) is 5.91 Å². The van der Waals surface area contributed by atoms with Crippen molar-refractivity contribution in [1.29, 1.82) is 0 Å². The zero-order valence-corrected chi connectivity index (χ0v) is 9.05. The van der Waals surface area contributed by atoms with Gasteiger partial charge in [0, 0.05) is 22.8 Å². The highest BCUT2D eigenvalue weighted by Gasteiger charge is 2.21. The fraction of sp³-hybridized carbons (Fsp3) is 0.364. The second-order valence-corrected chi connectivity index (χ2v) is 4.36. The third kappa shape index (κ3) is 2.86. The van der Waals surface area contributed by atoms with Crippen LogP contribution in [0.5, 0.6) is 0 Å². The van der Waals surface area contributed by atoms with Crippen molar-refractivity contribution in [3.63, 3.8) is 0 Å². The third-order valence-corrected chi connectivity index (χ3v) is 2.65. The molecule has 0 bridgehead atoms. The summed E-state index contributed by atoms with van der Waals surface area (Å²) in [5.41, 5.74) is 6.64. The molecule has 3 N–H and O–H groups in total. The number of anilines is 1. The summed E-state index contributed by atoms with van der Waals surface area (Å²) < 4.78 is 0. The second-order valence-electron chi connectivity index (χ2n) is 3.93. The van der Waals surface area contributed by atoms with E-state index in [1.165, 1.54) is 12.8 Å². The van der Waals surface area contributed by atoms with Crippen molar-refractivity contribution in [2.45, 2.75) is 12.8 Å². The van der Waals surface area contributed by atoms with E-state index in [1.54, 1.807) is 18.2 Å². The molecule has 1 aromatic rings. The van der Waals surface area contributed by atoms with E-state index in [0.29, 0.717) is 22.2 Å². The number of hydrogen-bond acceptors (Lipinski definition) is 2. The van der Waals surface area contributed by atoms with Gasteiger partial charge >= 0.3 is 0 Å². The Morgan fingerprint density at radius 3 is 2.80 bits per heavy atom. The van der Waals surface area contributed by atoms with Crippen LogP contribution < -0.4 is 11.1 Å². The summed E-state index contributed by atoms with van der Waals surface area (Å²) in [6, 6.07) is 4.88. The van der Waals surface area contributed by atoms with E-state index in [1.807, 2.05) is 0 Å². The summed E-state index contributed by atoms with van der Waals surface area (Å²) in [4.78, 5) is 11.7. The average molecular weight is 225 g/mol. The summed E-state index contributed by atoms with van der Waals surface area (Å²) in [6.07, 6.45) is 2.44. The number of rotatable bonds is 3. The summed E-state index contributed by atoms with van der Waals surface area (Å²) in [6.45, 7) is 0.755. The molecule has 1 aliphatic carbocycles. The van der Waals surface area contributed by atoms with Crippen LogP contribution in [0.15, 0.2) is 18.2 Å². The number of nitrogen functional groups attached to an aromatic ring is 1. The van der Waals surface area contributed by atoms with E-state index < -0.39 is 0 Å². The van der Waals surface area contributed by atoms with Gasteiger partial charge in [-0.3, -0.25) is 4.79 Å². The summed E-state index contributed by atoms with van der Waals surface area (Å²) in [5.74, 6) is 0.571. The van der Waals surface area contributed by atoms with Crippen LogP contribution in [-0.4, -0.2) is 12.5 Å². The van der Waals surface area contributed by atoms with E-state index >= 15 is 0 Å². The predicted molar refractivity (Wildman–Crippen MR) is 60.9 cm³/mol. The lowest BCUT2D eigenvalue weighted by Crippen LogP contribution is -2.25. The maximum atomic E-state index is 11.7. The Morgan fingerprint density at radius 2 is 2.20 bits per heavy atom. The van der Waals surface area contributed by atoms with Crippen molar-refractivity contribution in [1.82, 2.24) is 5.32 Å². The van der Waals surface area contributed by atoms with Crippen LogP contribution in [0.2, 0.25) is 5.02 Å². The fourth-order valence-electron chi connectivity index (χ4n) is 1.40. The van der Waals surface area contributed by atoms with Crippen molar-refractivity contribution in [3.8, 4) is 0 Å². The molecule has 0 aliphatic heterocycles. The van der Waals surface area contributed by atoms with Gasteiger partial charge in [0.05, 0.1) is 0 Å². The Morgan fingerprint density at radius 1 is 1.47 bits per heavy atom. The third-order valence-electron chi connectivity index (χ3n) is 2.43. The number of nitrogens with two attached hydrogens (primary N) is 1. The number of amides is 1. The van der Waals surface area contributed by atoms with Gasteiger partial charge in [-0.15, -0.1) is 0 Å². The Bertz CT molecular complexity index is 368. The Labute approximate surface area is 93.6 Å². The summed E-state index contributed by atoms with van der Waals surface area (Å²) in [5, 5.41) is 3.35. The molecule has 0 saturated heterocycles. The minimum absolute atomic E-state index is 0.101. The van der Waals surface area contributed by atoms with Gasteiger partial charge in [-0.25, -0.2) is 0 Å². The minimum atomic E-state index is -0.101. The molecule has 15 heavy (non-hydrogen) atoms. The summed E-state index contributed by atoms with van der Waals surface area (Å²) >= 11 is 5.81. The molecule has 1 aliphatic rings.